The van der Waals surface area contributed by atoms with Crippen molar-refractivity contribution in [1.82, 2.24) is 29.5 Å². The third-order valence-corrected chi connectivity index (χ3v) is 10.6. The van der Waals surface area contributed by atoms with Crippen LogP contribution in [0, 0.1) is 18.8 Å². The third-order valence-electron chi connectivity index (χ3n) is 10.6. The van der Waals surface area contributed by atoms with Gasteiger partial charge in [0.05, 0.1) is 41.7 Å². The summed E-state index contributed by atoms with van der Waals surface area (Å²) >= 11 is 0. The van der Waals surface area contributed by atoms with Crippen molar-refractivity contribution in [2.45, 2.75) is 89.9 Å². The second-order valence-electron chi connectivity index (χ2n) is 14.0. The molecule has 2 saturated heterocycles. The van der Waals surface area contributed by atoms with E-state index in [2.05, 4.69) is 26.7 Å². The zero-order valence-corrected chi connectivity index (χ0v) is 29.0. The number of anilines is 2. The largest absolute Gasteiger partial charge is 0.461 e. The summed E-state index contributed by atoms with van der Waals surface area (Å²) in [5, 5.41) is 4.67. The molecule has 2 N–H and O–H groups in total. The highest BCUT2D eigenvalue weighted by atomic mass is 19.4. The number of hydrogen-bond acceptors (Lipinski definition) is 9. The molecular weight excluding hydrogens is 649 g/mol. The van der Waals surface area contributed by atoms with Gasteiger partial charge >= 0.3 is 12.2 Å². The summed E-state index contributed by atoms with van der Waals surface area (Å²) in [5.41, 5.74) is 8.55. The Kier molecular flexibility index (Phi) is 8.92. The number of nitrogen functional groups attached to an aromatic ring is 1. The van der Waals surface area contributed by atoms with Crippen LogP contribution in [-0.4, -0.2) is 81.3 Å². The molecule has 14 heteroatoms. The molecular formula is C36H43F3N8O3. The molecule has 0 aliphatic carbocycles. The summed E-state index contributed by atoms with van der Waals surface area (Å²) in [6, 6.07) is 2.79. The molecule has 0 bridgehead atoms. The minimum absolute atomic E-state index is 0.00662. The molecule has 3 aromatic rings. The first kappa shape index (κ1) is 34.1. The van der Waals surface area contributed by atoms with Crippen LogP contribution in [0.1, 0.15) is 94.8 Å². The molecule has 1 amide bonds. The van der Waals surface area contributed by atoms with E-state index in [1.165, 1.54) is 24.0 Å². The van der Waals surface area contributed by atoms with Gasteiger partial charge in [-0.3, -0.25) is 14.4 Å². The maximum Gasteiger partial charge on any atom is 0.417 e. The first-order chi connectivity index (χ1) is 23.9. The number of carbonyl (C=O) groups excluding carboxylic acids is 1. The number of fused-ring (bicyclic) bond motifs is 3. The van der Waals surface area contributed by atoms with Gasteiger partial charge in [0.2, 0.25) is 0 Å². The highest BCUT2D eigenvalue weighted by Gasteiger charge is 2.45. The van der Waals surface area contributed by atoms with Gasteiger partial charge < -0.3 is 25.0 Å². The van der Waals surface area contributed by atoms with Crippen LogP contribution in [0.15, 0.2) is 12.1 Å². The van der Waals surface area contributed by atoms with E-state index in [-0.39, 0.29) is 47.3 Å². The lowest BCUT2D eigenvalue weighted by atomic mass is 9.91. The zero-order valence-electron chi connectivity index (χ0n) is 29.0. The number of alkyl halides is 3. The summed E-state index contributed by atoms with van der Waals surface area (Å²) in [5.74, 6) is 5.62. The van der Waals surface area contributed by atoms with E-state index in [1.54, 1.807) is 14.1 Å². The van der Waals surface area contributed by atoms with E-state index in [1.807, 2.05) is 11.6 Å². The summed E-state index contributed by atoms with van der Waals surface area (Å²) in [7, 11) is 3.41. The van der Waals surface area contributed by atoms with Crippen molar-refractivity contribution in [3.8, 4) is 17.9 Å². The SMILES string of the molecule is CC#Cc1cc(N)cc(C2Cc3nc(OCC45CCCN4CCC5)nc(N4CCCn5nc(C(=O)N(C)C)c(C)c5C4)c3CO2)c1C(F)(F)F. The van der Waals surface area contributed by atoms with Gasteiger partial charge in [-0.2, -0.15) is 28.2 Å². The van der Waals surface area contributed by atoms with Gasteiger partial charge in [-0.25, -0.2) is 0 Å². The number of hydrogen-bond donors (Lipinski definition) is 1. The topological polar surface area (TPSA) is 115 Å². The monoisotopic (exact) mass is 692 g/mol. The van der Waals surface area contributed by atoms with Gasteiger partial charge in [-0.05, 0) is 76.7 Å². The van der Waals surface area contributed by atoms with Crippen molar-refractivity contribution in [3.63, 3.8) is 0 Å². The lowest BCUT2D eigenvalue weighted by Gasteiger charge is -2.33. The van der Waals surface area contributed by atoms with Crippen molar-refractivity contribution in [3.05, 3.63) is 57.0 Å². The molecule has 11 nitrogen and oxygen atoms in total. The number of nitrogens with two attached hydrogens (primary N) is 1. The number of halogens is 3. The smallest absolute Gasteiger partial charge is 0.417 e. The highest BCUT2D eigenvalue weighted by Crippen LogP contribution is 2.44. The molecule has 266 valence electrons. The molecule has 1 aromatic carbocycles. The van der Waals surface area contributed by atoms with Gasteiger partial charge in [-0.1, -0.05) is 5.92 Å². The van der Waals surface area contributed by atoms with E-state index >= 15 is 0 Å². The molecule has 7 rings (SSSR count). The van der Waals surface area contributed by atoms with Crippen LogP contribution in [0.3, 0.4) is 0 Å². The molecule has 4 aliphatic heterocycles. The Hall–Kier alpha value is -4.35. The average Bonchev–Trinajstić information content (AvgIpc) is 3.69. The van der Waals surface area contributed by atoms with Crippen molar-refractivity contribution >= 4 is 17.4 Å². The Bertz CT molecular complexity index is 1870. The number of aromatic nitrogens is 4. The van der Waals surface area contributed by atoms with E-state index in [4.69, 9.17) is 25.2 Å². The quantitative estimate of drug-likeness (QED) is 0.285. The summed E-state index contributed by atoms with van der Waals surface area (Å²) in [6.07, 6.45) is -0.526. The fourth-order valence-electron chi connectivity index (χ4n) is 8.15. The molecule has 2 fully saturated rings. The number of aryl methyl sites for hydroxylation is 1. The standard InChI is InChI=1S/C36H43F3N8O3/c1-5-9-23-16-24(40)17-25(30(23)36(37,38)39)29-18-27-26(20-49-29)32(42-34(41-27)50-21-35-10-6-13-46(35)14-7-11-35)45-12-8-15-47-28(19-45)22(2)31(43-47)33(48)44(3)4/h16-17,29H,6-8,10-15,18-21,40H2,1-4H3. The number of amides is 1. The van der Waals surface area contributed by atoms with Gasteiger partial charge in [0.15, 0.2) is 5.69 Å². The van der Waals surface area contributed by atoms with Crippen molar-refractivity contribution in [2.24, 2.45) is 0 Å². The molecule has 2 aromatic heterocycles. The van der Waals surface area contributed by atoms with Gasteiger partial charge in [0.1, 0.15) is 12.4 Å². The summed E-state index contributed by atoms with van der Waals surface area (Å²) < 4.78 is 58.3. The minimum Gasteiger partial charge on any atom is -0.461 e. The van der Waals surface area contributed by atoms with Crippen LogP contribution >= 0.6 is 0 Å². The number of carbonyl (C=O) groups is 1. The number of benzene rings is 1. The van der Waals surface area contributed by atoms with Gasteiger partial charge in [0.25, 0.3) is 5.91 Å². The van der Waals surface area contributed by atoms with Gasteiger partial charge in [-0.15, -0.1) is 5.92 Å². The van der Waals surface area contributed by atoms with Crippen LogP contribution in [0.4, 0.5) is 24.7 Å². The van der Waals surface area contributed by atoms with Crippen molar-refractivity contribution < 1.29 is 27.4 Å². The fourth-order valence-corrected chi connectivity index (χ4v) is 8.15. The van der Waals surface area contributed by atoms with Crippen molar-refractivity contribution in [2.75, 3.05) is 51.0 Å². The lowest BCUT2D eigenvalue weighted by molar-refractivity contribution is -0.140. The Labute approximate surface area is 289 Å². The normalized spacial score (nSPS) is 20.0. The fraction of sp³-hybridized carbons (Fsp3) is 0.556. The maximum absolute atomic E-state index is 14.6. The third kappa shape index (κ3) is 6.15. The average molecular weight is 693 g/mol. The zero-order chi connectivity index (χ0) is 35.4. The molecule has 50 heavy (non-hydrogen) atoms. The van der Waals surface area contributed by atoms with E-state index in [0.717, 1.165) is 56.5 Å². The highest BCUT2D eigenvalue weighted by molar-refractivity contribution is 5.93. The first-order valence-electron chi connectivity index (χ1n) is 17.2. The Morgan fingerprint density at radius 2 is 1.90 bits per heavy atom. The van der Waals surface area contributed by atoms with E-state index in [9.17, 15) is 18.0 Å². The van der Waals surface area contributed by atoms with Crippen LogP contribution in [-0.2, 0) is 37.0 Å². The second-order valence-corrected chi connectivity index (χ2v) is 14.0. The summed E-state index contributed by atoms with van der Waals surface area (Å²) in [4.78, 5) is 28.9. The Morgan fingerprint density at radius 3 is 2.60 bits per heavy atom. The molecule has 0 saturated carbocycles. The molecule has 4 aliphatic rings. The molecule has 1 unspecified atom stereocenters. The maximum atomic E-state index is 14.6. The second kappa shape index (κ2) is 13.1. The Balaban J connectivity index is 1.28. The number of rotatable bonds is 6. The lowest BCUT2D eigenvalue weighted by Crippen LogP contribution is -2.43. The van der Waals surface area contributed by atoms with E-state index in [0.29, 0.717) is 49.0 Å². The minimum atomic E-state index is -4.68. The predicted octanol–water partition coefficient (Wildman–Crippen LogP) is 4.89. The first-order valence-corrected chi connectivity index (χ1v) is 17.2. The molecule has 0 spiro atoms. The predicted molar refractivity (Wildman–Crippen MR) is 181 cm³/mol. The van der Waals surface area contributed by atoms with Gasteiger partial charge in [0, 0.05) is 56.0 Å². The molecule has 6 heterocycles. The Morgan fingerprint density at radius 1 is 1.14 bits per heavy atom. The van der Waals surface area contributed by atoms with Crippen molar-refractivity contribution in [1.29, 1.82) is 0 Å². The number of ether oxygens (including phenoxy) is 2. The van der Waals surface area contributed by atoms with Crippen LogP contribution in [0.2, 0.25) is 0 Å². The summed E-state index contributed by atoms with van der Waals surface area (Å²) in [6.45, 7) is 7.61. The van der Waals surface area contributed by atoms with Crippen LogP contribution in [0.5, 0.6) is 6.01 Å². The molecule has 0 radical (unpaired) electrons. The van der Waals surface area contributed by atoms with Crippen LogP contribution in [0.25, 0.3) is 0 Å². The molecule has 1 atom stereocenters. The van der Waals surface area contributed by atoms with E-state index < -0.39 is 17.8 Å². The number of nitrogens with zero attached hydrogens (tertiary/aromatic N) is 7. The van der Waals surface area contributed by atoms with Crippen LogP contribution < -0.4 is 15.4 Å².